The molecule has 0 saturated carbocycles. The zero-order valence-corrected chi connectivity index (χ0v) is 16.2. The second-order valence-electron chi connectivity index (χ2n) is 5.53. The molecule has 25 heavy (non-hydrogen) atoms. The van der Waals surface area contributed by atoms with E-state index in [1.165, 1.54) is 23.5 Å². The summed E-state index contributed by atoms with van der Waals surface area (Å²) < 4.78 is 23.6. The van der Waals surface area contributed by atoms with Crippen molar-refractivity contribution in [3.05, 3.63) is 28.9 Å². The van der Waals surface area contributed by atoms with E-state index in [1.54, 1.807) is 19.9 Å². The summed E-state index contributed by atoms with van der Waals surface area (Å²) in [6.45, 7) is 3.26. The van der Waals surface area contributed by atoms with Gasteiger partial charge in [0.1, 0.15) is 0 Å². The van der Waals surface area contributed by atoms with Crippen LogP contribution in [0.1, 0.15) is 12.6 Å². The van der Waals surface area contributed by atoms with Crippen LogP contribution < -0.4 is 10.6 Å². The van der Waals surface area contributed by atoms with Gasteiger partial charge in [0.05, 0.1) is 33.1 Å². The summed E-state index contributed by atoms with van der Waals surface area (Å²) in [7, 11) is -3.46. The van der Waals surface area contributed by atoms with Crippen LogP contribution in [-0.4, -0.2) is 43.4 Å². The van der Waals surface area contributed by atoms with Crippen LogP contribution in [0.3, 0.4) is 0 Å². The van der Waals surface area contributed by atoms with Gasteiger partial charge in [0.15, 0.2) is 15.0 Å². The molecule has 3 N–H and O–H groups in total. The van der Waals surface area contributed by atoms with E-state index in [0.29, 0.717) is 16.4 Å². The quantitative estimate of drug-likeness (QED) is 0.711. The molecule has 1 aromatic heterocycles. The van der Waals surface area contributed by atoms with Gasteiger partial charge in [-0.15, -0.1) is 0 Å². The number of thiazole rings is 1. The fourth-order valence-electron chi connectivity index (χ4n) is 2.05. The Labute approximate surface area is 155 Å². The van der Waals surface area contributed by atoms with Gasteiger partial charge in [0, 0.05) is 6.26 Å². The number of sulfone groups is 1. The highest BCUT2D eigenvalue weighted by atomic mass is 35.5. The molecule has 2 rings (SSSR count). The number of amides is 2. The third-order valence-corrected chi connectivity index (χ3v) is 5.96. The molecule has 1 aromatic carbocycles. The van der Waals surface area contributed by atoms with Crippen molar-refractivity contribution in [2.24, 2.45) is 0 Å². The molecule has 0 aliphatic rings. The number of carbonyl (C=O) groups excluding carboxylic acids is 1. The first-order valence-corrected chi connectivity index (χ1v) is 10.4. The Morgan fingerprint density at radius 2 is 2.12 bits per heavy atom. The number of hydrogen-bond acceptors (Lipinski definition) is 6. The minimum atomic E-state index is -3.46. The molecule has 7 nitrogen and oxygen atoms in total. The predicted octanol–water partition coefficient (Wildman–Crippen LogP) is 2.68. The molecular weight excluding hydrogens is 386 g/mol. The normalized spacial score (nSPS) is 12.7. The first-order chi connectivity index (χ1) is 11.6. The van der Waals surface area contributed by atoms with Crippen molar-refractivity contribution in [2.45, 2.75) is 24.8 Å². The van der Waals surface area contributed by atoms with Crippen LogP contribution in [-0.2, 0) is 9.84 Å². The van der Waals surface area contributed by atoms with Crippen LogP contribution >= 0.6 is 22.9 Å². The van der Waals surface area contributed by atoms with E-state index in [-0.39, 0.29) is 22.6 Å². The number of aryl methyl sites for hydroxylation is 1. The third-order valence-electron chi connectivity index (χ3n) is 3.26. The number of aliphatic hydroxyl groups is 1. The fourth-order valence-corrected chi connectivity index (χ4v) is 4.31. The Bertz CT molecular complexity index is 896. The van der Waals surface area contributed by atoms with Gasteiger partial charge in [0.25, 0.3) is 0 Å². The van der Waals surface area contributed by atoms with E-state index in [1.807, 2.05) is 0 Å². The highest BCUT2D eigenvalue weighted by Gasteiger charge is 2.17. The van der Waals surface area contributed by atoms with E-state index >= 15 is 0 Å². The van der Waals surface area contributed by atoms with Crippen molar-refractivity contribution in [1.29, 1.82) is 0 Å². The molecule has 0 aliphatic carbocycles. The van der Waals surface area contributed by atoms with E-state index in [9.17, 15) is 13.2 Å². The molecule has 0 aliphatic heterocycles. The smallest absolute Gasteiger partial charge is 0.321 e. The molecule has 0 spiro atoms. The molecular formula is C15H18ClN3O4S2. The Kier molecular flexibility index (Phi) is 6.04. The lowest BCUT2D eigenvalue weighted by Gasteiger charge is -2.10. The van der Waals surface area contributed by atoms with Crippen LogP contribution in [0.2, 0.25) is 5.02 Å². The summed E-state index contributed by atoms with van der Waals surface area (Å²) in [4.78, 5) is 16.9. The standard InChI is InChI=1S/C15H18ClN3O4S2/c1-8(7-20)17-14(21)19-15-18-9(2)13(24-15)10-4-5-11(16)12(6-10)25(3,22)23/h4-6,8,20H,7H2,1-3H3,(H2,17,18,19,21)/t8-/m1/s1. The zero-order valence-electron chi connectivity index (χ0n) is 13.8. The van der Waals surface area contributed by atoms with Gasteiger partial charge in [-0.05, 0) is 31.5 Å². The minimum absolute atomic E-state index is 0.0449. The number of urea groups is 1. The summed E-state index contributed by atoms with van der Waals surface area (Å²) in [5.74, 6) is 0. The number of nitrogens with one attached hydrogen (secondary N) is 2. The molecule has 0 radical (unpaired) electrons. The largest absolute Gasteiger partial charge is 0.394 e. The summed E-state index contributed by atoms with van der Waals surface area (Å²) in [5.41, 5.74) is 1.30. The lowest BCUT2D eigenvalue weighted by atomic mass is 10.2. The fraction of sp³-hybridized carbons (Fsp3) is 0.333. The Hall–Kier alpha value is -1.68. The maximum Gasteiger partial charge on any atom is 0.321 e. The molecule has 0 unspecified atom stereocenters. The molecule has 0 saturated heterocycles. The Morgan fingerprint density at radius 3 is 2.72 bits per heavy atom. The van der Waals surface area contributed by atoms with Crippen molar-refractivity contribution in [3.63, 3.8) is 0 Å². The molecule has 0 bridgehead atoms. The third kappa shape index (κ3) is 4.91. The Morgan fingerprint density at radius 1 is 1.44 bits per heavy atom. The zero-order chi connectivity index (χ0) is 18.8. The van der Waals surface area contributed by atoms with Crippen molar-refractivity contribution in [1.82, 2.24) is 10.3 Å². The van der Waals surface area contributed by atoms with Crippen LogP contribution in [0.25, 0.3) is 10.4 Å². The van der Waals surface area contributed by atoms with Crippen molar-refractivity contribution in [3.8, 4) is 10.4 Å². The molecule has 136 valence electrons. The molecule has 0 fully saturated rings. The molecule has 10 heteroatoms. The van der Waals surface area contributed by atoms with Gasteiger partial charge in [0.2, 0.25) is 0 Å². The van der Waals surface area contributed by atoms with Gasteiger partial charge in [-0.25, -0.2) is 18.2 Å². The molecule has 2 amide bonds. The van der Waals surface area contributed by atoms with Gasteiger partial charge >= 0.3 is 6.03 Å². The number of benzene rings is 1. The van der Waals surface area contributed by atoms with Gasteiger partial charge < -0.3 is 10.4 Å². The highest BCUT2D eigenvalue weighted by Crippen LogP contribution is 2.35. The monoisotopic (exact) mass is 403 g/mol. The predicted molar refractivity (Wildman–Crippen MR) is 99.1 cm³/mol. The average Bonchev–Trinajstić information content (AvgIpc) is 2.86. The highest BCUT2D eigenvalue weighted by molar-refractivity contribution is 7.90. The van der Waals surface area contributed by atoms with Crippen LogP contribution in [0.15, 0.2) is 23.1 Å². The van der Waals surface area contributed by atoms with Crippen LogP contribution in [0, 0.1) is 6.92 Å². The second-order valence-corrected chi connectivity index (χ2v) is 8.92. The Balaban J connectivity index is 2.30. The summed E-state index contributed by atoms with van der Waals surface area (Å²) >= 11 is 7.18. The van der Waals surface area contributed by atoms with Gasteiger partial charge in [-0.1, -0.05) is 29.0 Å². The number of rotatable bonds is 5. The first kappa shape index (κ1) is 19.6. The number of hydrogen-bond donors (Lipinski definition) is 3. The van der Waals surface area contributed by atoms with E-state index < -0.39 is 15.9 Å². The van der Waals surface area contributed by atoms with Crippen LogP contribution in [0.4, 0.5) is 9.93 Å². The summed E-state index contributed by atoms with van der Waals surface area (Å²) in [6, 6.07) is 3.86. The summed E-state index contributed by atoms with van der Waals surface area (Å²) in [6.07, 6.45) is 1.09. The number of aliphatic hydroxyl groups excluding tert-OH is 1. The van der Waals surface area contributed by atoms with Gasteiger partial charge in [-0.2, -0.15) is 0 Å². The topological polar surface area (TPSA) is 108 Å². The SMILES string of the molecule is Cc1nc(NC(=O)N[C@H](C)CO)sc1-c1ccc(Cl)c(S(C)(=O)=O)c1. The van der Waals surface area contributed by atoms with E-state index in [4.69, 9.17) is 16.7 Å². The lowest BCUT2D eigenvalue weighted by Crippen LogP contribution is -2.38. The number of halogens is 1. The molecule has 2 aromatic rings. The number of anilines is 1. The summed E-state index contributed by atoms with van der Waals surface area (Å²) in [5, 5.41) is 14.6. The lowest BCUT2D eigenvalue weighted by molar-refractivity contribution is 0.229. The number of nitrogens with zero attached hydrogens (tertiary/aromatic N) is 1. The maximum absolute atomic E-state index is 11.8. The maximum atomic E-state index is 11.8. The molecule has 1 heterocycles. The second kappa shape index (κ2) is 7.69. The van der Waals surface area contributed by atoms with Crippen molar-refractivity contribution < 1.29 is 18.3 Å². The number of aromatic nitrogens is 1. The van der Waals surface area contributed by atoms with Crippen molar-refractivity contribution >= 4 is 43.9 Å². The number of carbonyl (C=O) groups is 1. The molecule has 1 atom stereocenters. The van der Waals surface area contributed by atoms with Crippen LogP contribution in [0.5, 0.6) is 0 Å². The van der Waals surface area contributed by atoms with E-state index in [2.05, 4.69) is 15.6 Å². The minimum Gasteiger partial charge on any atom is -0.394 e. The first-order valence-electron chi connectivity index (χ1n) is 7.27. The van der Waals surface area contributed by atoms with E-state index in [0.717, 1.165) is 11.1 Å². The van der Waals surface area contributed by atoms with Crippen molar-refractivity contribution in [2.75, 3.05) is 18.2 Å². The average molecular weight is 404 g/mol. The van der Waals surface area contributed by atoms with Gasteiger partial charge in [-0.3, -0.25) is 5.32 Å².